The van der Waals surface area contributed by atoms with Crippen LogP contribution in [0.25, 0.3) is 33.4 Å². The van der Waals surface area contributed by atoms with Gasteiger partial charge in [0.15, 0.2) is 5.78 Å². The molecule has 7 nitrogen and oxygen atoms in total. The summed E-state index contributed by atoms with van der Waals surface area (Å²) in [7, 11) is 2.16. The molecule has 1 aliphatic heterocycles. The van der Waals surface area contributed by atoms with Crippen LogP contribution in [0, 0.1) is 6.92 Å². The minimum Gasteiger partial charge on any atom is -0.463 e. The van der Waals surface area contributed by atoms with E-state index in [2.05, 4.69) is 70.9 Å². The summed E-state index contributed by atoms with van der Waals surface area (Å²) in [5.74, 6) is -0.296. The van der Waals surface area contributed by atoms with Crippen molar-refractivity contribution in [3.8, 4) is 22.4 Å². The van der Waals surface area contributed by atoms with Gasteiger partial charge in [-0.25, -0.2) is 4.98 Å². The second-order valence-electron chi connectivity index (χ2n) is 11.2. The molecule has 5 rings (SSSR count). The molecule has 0 aliphatic carbocycles. The Kier molecular flexibility index (Phi) is 8.36. The number of carbonyl (C=O) groups is 2. The van der Waals surface area contributed by atoms with Crippen LogP contribution in [-0.4, -0.2) is 66.0 Å². The van der Waals surface area contributed by atoms with Crippen molar-refractivity contribution < 1.29 is 14.3 Å². The van der Waals surface area contributed by atoms with Crippen molar-refractivity contribution >= 4 is 28.5 Å². The number of nitrogens with one attached hydrogen (secondary N) is 1. The zero-order chi connectivity index (χ0) is 29.1. The summed E-state index contributed by atoms with van der Waals surface area (Å²) in [5.41, 5.74) is 8.72. The molecular formula is C34H38N4O3. The third-order valence-electron chi connectivity index (χ3n) is 7.68. The molecule has 0 radical (unpaired) electrons. The third kappa shape index (κ3) is 6.41. The number of carbonyl (C=O) groups excluding carboxylic acids is 2. The zero-order valence-electron chi connectivity index (χ0n) is 24.4. The van der Waals surface area contributed by atoms with Crippen LogP contribution in [-0.2, 0) is 27.2 Å². The molecule has 2 aromatic carbocycles. The maximum absolute atomic E-state index is 12.4. The van der Waals surface area contributed by atoms with Crippen LogP contribution in [0.2, 0.25) is 0 Å². The van der Waals surface area contributed by atoms with Crippen LogP contribution in [0.4, 0.5) is 5.69 Å². The van der Waals surface area contributed by atoms with Crippen molar-refractivity contribution in [3.05, 3.63) is 84.1 Å². The van der Waals surface area contributed by atoms with Gasteiger partial charge in [0.2, 0.25) is 0 Å². The topological polar surface area (TPSA) is 78.5 Å². The zero-order valence-corrected chi connectivity index (χ0v) is 24.4. The summed E-state index contributed by atoms with van der Waals surface area (Å²) >= 11 is 0. The van der Waals surface area contributed by atoms with Crippen molar-refractivity contribution in [1.29, 1.82) is 0 Å². The monoisotopic (exact) mass is 550 g/mol. The van der Waals surface area contributed by atoms with Gasteiger partial charge >= 0.3 is 5.97 Å². The van der Waals surface area contributed by atoms with E-state index >= 15 is 0 Å². The molecule has 1 N–H and O–H groups in total. The van der Waals surface area contributed by atoms with E-state index in [1.54, 1.807) is 6.20 Å². The van der Waals surface area contributed by atoms with Crippen LogP contribution < -0.4 is 4.90 Å². The highest BCUT2D eigenvalue weighted by molar-refractivity contribution is 6.03. The van der Waals surface area contributed by atoms with Gasteiger partial charge in [-0.3, -0.25) is 9.59 Å². The summed E-state index contributed by atoms with van der Waals surface area (Å²) < 4.78 is 5.38. The second kappa shape index (κ2) is 12.1. The lowest BCUT2D eigenvalue weighted by molar-refractivity contribution is -0.146. The average molecular weight is 551 g/mol. The Morgan fingerprint density at radius 1 is 1.02 bits per heavy atom. The number of piperazine rings is 1. The molecule has 212 valence electrons. The number of aromatic amines is 1. The molecule has 41 heavy (non-hydrogen) atoms. The van der Waals surface area contributed by atoms with Crippen molar-refractivity contribution in [2.24, 2.45) is 0 Å². The van der Waals surface area contributed by atoms with Crippen LogP contribution in [0.15, 0.2) is 67.4 Å². The van der Waals surface area contributed by atoms with Gasteiger partial charge in [0, 0.05) is 55.4 Å². The maximum Gasteiger partial charge on any atom is 0.310 e. The van der Waals surface area contributed by atoms with Gasteiger partial charge in [0.05, 0.1) is 18.2 Å². The number of ketones is 1. The average Bonchev–Trinajstić information content (AvgIpc) is 3.33. The number of anilines is 1. The number of allylic oxidation sites excluding steroid dienone is 1. The molecule has 0 atom stereocenters. The van der Waals surface area contributed by atoms with Crippen molar-refractivity contribution in [3.63, 3.8) is 0 Å². The van der Waals surface area contributed by atoms with Crippen LogP contribution in [0.5, 0.6) is 0 Å². The Bertz CT molecular complexity index is 1580. The molecule has 0 bridgehead atoms. The SMILES string of the molecule is C=CC(=O)Cc1cc(-c2c(-c3ccc(N4CCN(C)CC4)cc3)[nH]c3ncc(CC(=O)OC(C)C)cc23)ccc1C. The van der Waals surface area contributed by atoms with E-state index in [1.165, 1.54) is 11.8 Å². The van der Waals surface area contributed by atoms with E-state index < -0.39 is 0 Å². The maximum atomic E-state index is 12.4. The highest BCUT2D eigenvalue weighted by Gasteiger charge is 2.20. The fourth-order valence-corrected chi connectivity index (χ4v) is 5.38. The van der Waals surface area contributed by atoms with Gasteiger partial charge in [-0.05, 0) is 79.9 Å². The van der Waals surface area contributed by atoms with Crippen molar-refractivity contribution in [2.75, 3.05) is 38.1 Å². The first-order chi connectivity index (χ1) is 19.7. The first-order valence-electron chi connectivity index (χ1n) is 14.2. The number of H-pyrrole nitrogens is 1. The van der Waals surface area contributed by atoms with E-state index in [4.69, 9.17) is 9.72 Å². The fourth-order valence-electron chi connectivity index (χ4n) is 5.38. The van der Waals surface area contributed by atoms with E-state index in [-0.39, 0.29) is 24.3 Å². The lowest BCUT2D eigenvalue weighted by Gasteiger charge is -2.34. The third-order valence-corrected chi connectivity index (χ3v) is 7.68. The molecule has 0 unspecified atom stereocenters. The minimum absolute atomic E-state index is 0.0171. The first-order valence-corrected chi connectivity index (χ1v) is 14.2. The number of hydrogen-bond donors (Lipinski definition) is 1. The van der Waals surface area contributed by atoms with Crippen LogP contribution >= 0.6 is 0 Å². The Morgan fingerprint density at radius 3 is 2.41 bits per heavy atom. The molecule has 0 amide bonds. The number of rotatable bonds is 9. The predicted octanol–water partition coefficient (Wildman–Crippen LogP) is 5.75. The molecule has 4 aromatic rings. The second-order valence-corrected chi connectivity index (χ2v) is 11.2. The molecule has 2 aromatic heterocycles. The molecule has 0 saturated carbocycles. The predicted molar refractivity (Wildman–Crippen MR) is 165 cm³/mol. The molecule has 7 heteroatoms. The largest absolute Gasteiger partial charge is 0.463 e. The number of aryl methyl sites for hydroxylation is 1. The summed E-state index contributed by atoms with van der Waals surface area (Å²) in [6.45, 7) is 13.5. The number of ether oxygens (including phenoxy) is 1. The Balaban J connectivity index is 1.59. The lowest BCUT2D eigenvalue weighted by atomic mass is 9.93. The molecule has 1 saturated heterocycles. The molecule has 1 aliphatic rings. The minimum atomic E-state index is -0.279. The Morgan fingerprint density at radius 2 is 1.73 bits per heavy atom. The standard InChI is InChI=1S/C34H38N4O3/c1-6-29(39)20-27-19-26(8-7-23(27)4)32-30-17-24(18-31(40)41-22(2)3)21-35-34(30)36-33(32)25-9-11-28(12-10-25)38-15-13-37(5)14-16-38/h6-12,17,19,21-22H,1,13-16,18,20H2,2-5H3,(H,35,36). The summed E-state index contributed by atoms with van der Waals surface area (Å²) in [5, 5.41) is 0.919. The highest BCUT2D eigenvalue weighted by atomic mass is 16.5. The fraction of sp³-hybridized carbons (Fsp3) is 0.324. The highest BCUT2D eigenvalue weighted by Crippen LogP contribution is 2.39. The molecule has 0 spiro atoms. The Hall–Kier alpha value is -4.23. The van der Waals surface area contributed by atoms with E-state index in [1.807, 2.05) is 26.8 Å². The lowest BCUT2D eigenvalue weighted by Crippen LogP contribution is -2.44. The van der Waals surface area contributed by atoms with Gasteiger partial charge in [0.25, 0.3) is 0 Å². The summed E-state index contributed by atoms with van der Waals surface area (Å²) in [6, 6.07) is 16.9. The number of esters is 1. The molecular weight excluding hydrogens is 512 g/mol. The van der Waals surface area contributed by atoms with E-state index in [0.717, 1.165) is 76.3 Å². The Labute approximate surface area is 241 Å². The van der Waals surface area contributed by atoms with E-state index in [0.29, 0.717) is 6.42 Å². The number of fused-ring (bicyclic) bond motifs is 1. The van der Waals surface area contributed by atoms with Gasteiger partial charge in [-0.15, -0.1) is 0 Å². The number of nitrogens with zero attached hydrogens (tertiary/aromatic N) is 3. The number of hydrogen-bond acceptors (Lipinski definition) is 6. The number of likely N-dealkylation sites (N-methyl/N-ethyl adjacent to an activating group) is 1. The number of aromatic nitrogens is 2. The smallest absolute Gasteiger partial charge is 0.310 e. The van der Waals surface area contributed by atoms with Crippen LogP contribution in [0.3, 0.4) is 0 Å². The number of benzene rings is 2. The summed E-state index contributed by atoms with van der Waals surface area (Å²) in [4.78, 5) is 37.7. The number of pyridine rings is 1. The first kappa shape index (κ1) is 28.3. The van der Waals surface area contributed by atoms with Gasteiger partial charge in [0.1, 0.15) is 5.65 Å². The molecule has 1 fully saturated rings. The van der Waals surface area contributed by atoms with Crippen LogP contribution in [0.1, 0.15) is 30.5 Å². The normalized spacial score (nSPS) is 14.0. The van der Waals surface area contributed by atoms with Crippen molar-refractivity contribution in [2.45, 2.75) is 39.7 Å². The summed E-state index contributed by atoms with van der Waals surface area (Å²) in [6.07, 6.45) is 3.37. The van der Waals surface area contributed by atoms with Gasteiger partial charge in [-0.2, -0.15) is 0 Å². The van der Waals surface area contributed by atoms with Gasteiger partial charge in [-0.1, -0.05) is 36.9 Å². The molecule has 3 heterocycles. The van der Waals surface area contributed by atoms with E-state index in [9.17, 15) is 9.59 Å². The van der Waals surface area contributed by atoms with Gasteiger partial charge < -0.3 is 19.5 Å². The quantitative estimate of drug-likeness (QED) is 0.211. The van der Waals surface area contributed by atoms with Crippen molar-refractivity contribution in [1.82, 2.24) is 14.9 Å².